The molecule has 3 heteroatoms. The van der Waals surface area contributed by atoms with Crippen molar-refractivity contribution in [2.75, 3.05) is 0 Å². The van der Waals surface area contributed by atoms with Crippen LogP contribution in [0.4, 0.5) is 0 Å². The third-order valence-electron chi connectivity index (χ3n) is 4.66. The number of hydrogen-bond acceptors (Lipinski definition) is 3. The van der Waals surface area contributed by atoms with E-state index in [0.717, 1.165) is 38.9 Å². The van der Waals surface area contributed by atoms with E-state index < -0.39 is 0 Å². The average molecular weight is 348 g/mol. The lowest BCUT2D eigenvalue weighted by molar-refractivity contribution is 0.456. The van der Waals surface area contributed by atoms with Crippen LogP contribution >= 0.6 is 0 Å². The summed E-state index contributed by atoms with van der Waals surface area (Å²) in [5.74, 6) is 0.697. The monoisotopic (exact) mass is 348 g/mol. The maximum absolute atomic E-state index is 10.8. The molecule has 3 nitrogen and oxygen atoms in total. The summed E-state index contributed by atoms with van der Waals surface area (Å²) in [5, 5.41) is 31.1. The van der Waals surface area contributed by atoms with Crippen molar-refractivity contribution < 1.29 is 15.3 Å². The minimum Gasteiger partial charge on any atom is -0.508 e. The van der Waals surface area contributed by atoms with E-state index in [0.29, 0.717) is 12.8 Å². The highest BCUT2D eigenvalue weighted by molar-refractivity contribution is 5.50. The first kappa shape index (κ1) is 17.9. The van der Waals surface area contributed by atoms with Gasteiger partial charge in [0.2, 0.25) is 0 Å². The molecule has 3 aromatic carbocycles. The molecule has 0 aliphatic carbocycles. The van der Waals surface area contributed by atoms with Crippen LogP contribution in [0.1, 0.15) is 38.9 Å². The zero-order valence-electron chi connectivity index (χ0n) is 15.4. The zero-order valence-corrected chi connectivity index (χ0v) is 15.4. The first-order valence-corrected chi connectivity index (χ1v) is 8.72. The molecule has 0 unspecified atom stereocenters. The molecule has 134 valence electrons. The minimum atomic E-state index is 0.218. The van der Waals surface area contributed by atoms with Gasteiger partial charge in [0.25, 0.3) is 0 Å². The molecule has 0 fully saturated rings. The van der Waals surface area contributed by atoms with Gasteiger partial charge in [0.05, 0.1) is 0 Å². The molecular formula is C23H24O3. The highest BCUT2D eigenvalue weighted by Crippen LogP contribution is 2.32. The van der Waals surface area contributed by atoms with Gasteiger partial charge >= 0.3 is 0 Å². The van der Waals surface area contributed by atoms with Crippen LogP contribution in [-0.2, 0) is 12.8 Å². The fourth-order valence-electron chi connectivity index (χ4n) is 3.26. The first-order chi connectivity index (χ1) is 12.3. The van der Waals surface area contributed by atoms with Crippen molar-refractivity contribution in [1.82, 2.24) is 0 Å². The number of aryl methyl sites for hydroxylation is 3. The largest absolute Gasteiger partial charge is 0.508 e. The molecule has 3 N–H and O–H groups in total. The Morgan fingerprint density at radius 3 is 1.35 bits per heavy atom. The molecule has 3 rings (SSSR count). The number of phenols is 3. The average Bonchev–Trinajstić information content (AvgIpc) is 2.56. The van der Waals surface area contributed by atoms with Crippen LogP contribution in [0.2, 0.25) is 0 Å². The summed E-state index contributed by atoms with van der Waals surface area (Å²) in [7, 11) is 0. The number of benzene rings is 3. The summed E-state index contributed by atoms with van der Waals surface area (Å²) in [6, 6.07) is 15.0. The second-order valence-corrected chi connectivity index (χ2v) is 7.05. The molecule has 0 atom stereocenters. The maximum Gasteiger partial charge on any atom is 0.122 e. The van der Waals surface area contributed by atoms with E-state index in [4.69, 9.17) is 0 Å². The summed E-state index contributed by atoms with van der Waals surface area (Å²) in [6.07, 6.45) is 0.902. The molecule has 3 aromatic rings. The van der Waals surface area contributed by atoms with Gasteiger partial charge in [-0.05, 0) is 66.3 Å². The molecule has 0 saturated carbocycles. The number of aromatic hydroxyl groups is 3. The van der Waals surface area contributed by atoms with Gasteiger partial charge in [-0.2, -0.15) is 0 Å². The molecule has 0 aliphatic heterocycles. The van der Waals surface area contributed by atoms with Gasteiger partial charge < -0.3 is 15.3 Å². The van der Waals surface area contributed by atoms with Crippen molar-refractivity contribution in [3.63, 3.8) is 0 Å². The van der Waals surface area contributed by atoms with Crippen molar-refractivity contribution >= 4 is 0 Å². The standard InChI is InChI=1S/C23H24O3/c1-14-4-6-17(21(24)10-14)12-19-8-16(3)9-20(23(19)26)13-18-7-5-15(2)11-22(18)25/h4-11,24-26H,12-13H2,1-3H3. The predicted octanol–water partition coefficient (Wildman–Crippen LogP) is 4.91. The smallest absolute Gasteiger partial charge is 0.122 e. The van der Waals surface area contributed by atoms with Crippen LogP contribution in [0.3, 0.4) is 0 Å². The Hall–Kier alpha value is -2.94. The van der Waals surface area contributed by atoms with Crippen molar-refractivity contribution in [2.24, 2.45) is 0 Å². The van der Waals surface area contributed by atoms with Gasteiger partial charge in [0.1, 0.15) is 17.2 Å². The van der Waals surface area contributed by atoms with Crippen molar-refractivity contribution in [2.45, 2.75) is 33.6 Å². The number of phenolic OH excluding ortho intramolecular Hbond substituents is 3. The van der Waals surface area contributed by atoms with Crippen LogP contribution in [0.25, 0.3) is 0 Å². The lowest BCUT2D eigenvalue weighted by atomic mass is 9.94. The summed E-state index contributed by atoms with van der Waals surface area (Å²) in [6.45, 7) is 5.84. The second-order valence-electron chi connectivity index (χ2n) is 7.05. The van der Waals surface area contributed by atoms with Gasteiger partial charge in [-0.15, -0.1) is 0 Å². The van der Waals surface area contributed by atoms with E-state index >= 15 is 0 Å². The maximum atomic E-state index is 10.8. The minimum absolute atomic E-state index is 0.218. The third kappa shape index (κ3) is 3.83. The molecule has 0 amide bonds. The van der Waals surface area contributed by atoms with Gasteiger partial charge in [0.15, 0.2) is 0 Å². The summed E-state index contributed by atoms with van der Waals surface area (Å²) in [5.41, 5.74) is 6.12. The number of rotatable bonds is 4. The van der Waals surface area contributed by atoms with Gasteiger partial charge in [0, 0.05) is 12.8 Å². The van der Waals surface area contributed by atoms with Crippen molar-refractivity contribution in [3.05, 3.63) is 87.5 Å². The van der Waals surface area contributed by atoms with Crippen LogP contribution in [0.5, 0.6) is 17.2 Å². The normalized spacial score (nSPS) is 10.9. The molecular weight excluding hydrogens is 324 g/mol. The SMILES string of the molecule is Cc1ccc(Cc2cc(C)cc(Cc3ccc(C)cc3O)c2O)c(O)c1. The highest BCUT2D eigenvalue weighted by atomic mass is 16.3. The van der Waals surface area contributed by atoms with E-state index in [9.17, 15) is 15.3 Å². The number of hydrogen-bond donors (Lipinski definition) is 3. The molecule has 26 heavy (non-hydrogen) atoms. The Balaban J connectivity index is 1.95. The zero-order chi connectivity index (χ0) is 18.8. The van der Waals surface area contributed by atoms with Gasteiger partial charge in [-0.3, -0.25) is 0 Å². The predicted molar refractivity (Wildman–Crippen MR) is 104 cm³/mol. The summed E-state index contributed by atoms with van der Waals surface area (Å²) in [4.78, 5) is 0. The van der Waals surface area contributed by atoms with Gasteiger partial charge in [-0.25, -0.2) is 0 Å². The van der Waals surface area contributed by atoms with E-state index in [1.54, 1.807) is 12.1 Å². The third-order valence-corrected chi connectivity index (χ3v) is 4.66. The fraction of sp³-hybridized carbons (Fsp3) is 0.217. The molecule has 0 saturated heterocycles. The van der Waals surface area contributed by atoms with Crippen LogP contribution in [0, 0.1) is 20.8 Å². The lowest BCUT2D eigenvalue weighted by Crippen LogP contribution is -1.97. The quantitative estimate of drug-likeness (QED) is 0.628. The van der Waals surface area contributed by atoms with Crippen LogP contribution in [0.15, 0.2) is 48.5 Å². The second kappa shape index (κ2) is 7.12. The van der Waals surface area contributed by atoms with E-state index in [-0.39, 0.29) is 17.2 Å². The van der Waals surface area contributed by atoms with E-state index in [1.165, 1.54) is 0 Å². The highest BCUT2D eigenvalue weighted by Gasteiger charge is 2.13. The van der Waals surface area contributed by atoms with Gasteiger partial charge in [-0.1, -0.05) is 42.0 Å². The Bertz CT molecular complexity index is 883. The Morgan fingerprint density at radius 2 is 0.962 bits per heavy atom. The molecule has 0 radical (unpaired) electrons. The van der Waals surface area contributed by atoms with E-state index in [1.807, 2.05) is 57.2 Å². The van der Waals surface area contributed by atoms with Crippen LogP contribution < -0.4 is 0 Å². The summed E-state index contributed by atoms with van der Waals surface area (Å²) < 4.78 is 0. The lowest BCUT2D eigenvalue weighted by Gasteiger charge is -2.14. The molecule has 0 aliphatic rings. The fourth-order valence-corrected chi connectivity index (χ4v) is 3.26. The van der Waals surface area contributed by atoms with Crippen LogP contribution in [-0.4, -0.2) is 15.3 Å². The summed E-state index contributed by atoms with van der Waals surface area (Å²) >= 11 is 0. The Labute approximate surface area is 154 Å². The topological polar surface area (TPSA) is 60.7 Å². The molecule has 0 aromatic heterocycles. The first-order valence-electron chi connectivity index (χ1n) is 8.72. The Morgan fingerprint density at radius 1 is 0.538 bits per heavy atom. The molecule has 0 heterocycles. The molecule has 0 bridgehead atoms. The van der Waals surface area contributed by atoms with Crippen molar-refractivity contribution in [3.8, 4) is 17.2 Å². The van der Waals surface area contributed by atoms with Crippen molar-refractivity contribution in [1.29, 1.82) is 0 Å². The molecule has 0 spiro atoms. The Kier molecular flexibility index (Phi) is 4.90. The van der Waals surface area contributed by atoms with E-state index in [2.05, 4.69) is 0 Å².